The quantitative estimate of drug-likeness (QED) is 0.390. The molecule has 168 valence electrons. The Balaban J connectivity index is 1.38. The summed E-state index contributed by atoms with van der Waals surface area (Å²) in [5, 5.41) is 13.7. The van der Waals surface area contributed by atoms with Crippen LogP contribution >= 0.6 is 0 Å². The molecule has 33 heavy (non-hydrogen) atoms. The van der Waals surface area contributed by atoms with Crippen LogP contribution in [-0.4, -0.2) is 44.5 Å². The van der Waals surface area contributed by atoms with Gasteiger partial charge in [-0.05, 0) is 55.0 Å². The van der Waals surface area contributed by atoms with Crippen molar-refractivity contribution in [1.29, 1.82) is 0 Å². The fourth-order valence-corrected chi connectivity index (χ4v) is 4.39. The summed E-state index contributed by atoms with van der Waals surface area (Å²) < 4.78 is 7.06. The summed E-state index contributed by atoms with van der Waals surface area (Å²) in [6.45, 7) is 0. The van der Waals surface area contributed by atoms with Gasteiger partial charge in [0.25, 0.3) is 5.91 Å². The highest BCUT2D eigenvalue weighted by Gasteiger charge is 2.28. The van der Waals surface area contributed by atoms with E-state index in [0.29, 0.717) is 34.7 Å². The molecule has 1 saturated heterocycles. The fraction of sp³-hybridized carbons (Fsp3) is 0.348. The number of amides is 2. The molecule has 0 radical (unpaired) electrons. The molecule has 1 saturated carbocycles. The maximum absolute atomic E-state index is 12.0. The van der Waals surface area contributed by atoms with Gasteiger partial charge in [0.15, 0.2) is 5.65 Å². The maximum Gasteiger partial charge on any atom is 0.254 e. The van der Waals surface area contributed by atoms with Crippen LogP contribution in [0.1, 0.15) is 48.4 Å². The molecule has 3 aromatic rings. The minimum Gasteiger partial charge on any atom is -0.497 e. The molecule has 3 N–H and O–H groups in total. The van der Waals surface area contributed by atoms with Crippen molar-refractivity contribution < 1.29 is 14.3 Å². The SMILES string of the molecule is COc1ccc2c(c1)C(Nc1nc(NC3CC3)n3ncc(/C=C4\CC(=O)NC4=O)c3n1)CC2. The number of aromatic nitrogens is 4. The number of fused-ring (bicyclic) bond motifs is 2. The Hall–Kier alpha value is -3.95. The maximum atomic E-state index is 12.0. The predicted octanol–water partition coefficient (Wildman–Crippen LogP) is 2.24. The van der Waals surface area contributed by atoms with Crippen LogP contribution in [-0.2, 0) is 16.0 Å². The number of anilines is 2. The second-order valence-corrected chi connectivity index (χ2v) is 8.65. The van der Waals surface area contributed by atoms with Crippen LogP contribution in [0.2, 0.25) is 0 Å². The first-order valence-electron chi connectivity index (χ1n) is 11.1. The van der Waals surface area contributed by atoms with Gasteiger partial charge in [-0.1, -0.05) is 6.07 Å². The van der Waals surface area contributed by atoms with Gasteiger partial charge in [0.2, 0.25) is 17.8 Å². The van der Waals surface area contributed by atoms with E-state index in [1.54, 1.807) is 23.9 Å². The molecular formula is C23H23N7O3. The zero-order chi connectivity index (χ0) is 22.5. The van der Waals surface area contributed by atoms with Crippen LogP contribution in [0.4, 0.5) is 11.9 Å². The average molecular weight is 445 g/mol. The van der Waals surface area contributed by atoms with E-state index in [1.807, 2.05) is 6.07 Å². The van der Waals surface area contributed by atoms with Crippen molar-refractivity contribution >= 4 is 35.4 Å². The number of nitrogens with zero attached hydrogens (tertiary/aromatic N) is 4. The van der Waals surface area contributed by atoms with Crippen molar-refractivity contribution in [3.63, 3.8) is 0 Å². The summed E-state index contributed by atoms with van der Waals surface area (Å²) >= 11 is 0. The normalized spacial score (nSPS) is 20.9. The monoisotopic (exact) mass is 445 g/mol. The first-order valence-corrected chi connectivity index (χ1v) is 11.1. The average Bonchev–Trinajstić information content (AvgIpc) is 3.25. The molecule has 2 amide bonds. The van der Waals surface area contributed by atoms with Gasteiger partial charge in [-0.15, -0.1) is 0 Å². The lowest BCUT2D eigenvalue weighted by atomic mass is 10.1. The molecule has 6 rings (SSSR count). The molecule has 1 aliphatic heterocycles. The smallest absolute Gasteiger partial charge is 0.254 e. The van der Waals surface area contributed by atoms with Gasteiger partial charge in [-0.3, -0.25) is 14.9 Å². The molecule has 2 aliphatic carbocycles. The van der Waals surface area contributed by atoms with Crippen LogP contribution in [0.3, 0.4) is 0 Å². The lowest BCUT2D eigenvalue weighted by Crippen LogP contribution is -2.19. The van der Waals surface area contributed by atoms with E-state index >= 15 is 0 Å². The molecule has 1 atom stereocenters. The Morgan fingerprint density at radius 1 is 1.18 bits per heavy atom. The lowest BCUT2D eigenvalue weighted by molar-refractivity contribution is -0.124. The van der Waals surface area contributed by atoms with Gasteiger partial charge in [0.05, 0.1) is 25.8 Å². The van der Waals surface area contributed by atoms with Gasteiger partial charge < -0.3 is 15.4 Å². The van der Waals surface area contributed by atoms with Crippen molar-refractivity contribution in [3.8, 4) is 5.75 Å². The highest BCUT2D eigenvalue weighted by molar-refractivity contribution is 6.15. The molecule has 1 aromatic carbocycles. The van der Waals surface area contributed by atoms with Crippen LogP contribution in [0, 0.1) is 0 Å². The molecule has 3 heterocycles. The topological polar surface area (TPSA) is 123 Å². The number of hydrogen-bond donors (Lipinski definition) is 3. The number of carbonyl (C=O) groups excluding carboxylic acids is 2. The number of carbonyl (C=O) groups is 2. The predicted molar refractivity (Wildman–Crippen MR) is 121 cm³/mol. The van der Waals surface area contributed by atoms with Gasteiger partial charge in [-0.2, -0.15) is 19.6 Å². The second-order valence-electron chi connectivity index (χ2n) is 8.65. The zero-order valence-electron chi connectivity index (χ0n) is 18.1. The van der Waals surface area contributed by atoms with E-state index in [9.17, 15) is 9.59 Å². The minimum absolute atomic E-state index is 0.0558. The van der Waals surface area contributed by atoms with E-state index in [2.05, 4.69) is 33.2 Å². The van der Waals surface area contributed by atoms with Crippen molar-refractivity contribution in [2.75, 3.05) is 17.7 Å². The number of nitrogens with one attached hydrogen (secondary N) is 3. The minimum atomic E-state index is -0.375. The molecule has 2 fully saturated rings. The summed E-state index contributed by atoms with van der Waals surface area (Å²) in [6.07, 6.45) is 7.45. The Labute approximate surface area is 189 Å². The first kappa shape index (κ1) is 19.7. The molecule has 3 aliphatic rings. The number of imide groups is 1. The van der Waals surface area contributed by atoms with Crippen LogP contribution in [0.5, 0.6) is 5.75 Å². The molecule has 0 spiro atoms. The summed E-state index contributed by atoms with van der Waals surface area (Å²) in [7, 11) is 1.67. The van der Waals surface area contributed by atoms with Gasteiger partial charge in [0, 0.05) is 17.2 Å². The molecule has 0 bridgehead atoms. The van der Waals surface area contributed by atoms with Crippen molar-refractivity contribution in [1.82, 2.24) is 24.9 Å². The lowest BCUT2D eigenvalue weighted by Gasteiger charge is -2.16. The molecular weight excluding hydrogens is 422 g/mol. The number of aryl methyl sites for hydroxylation is 1. The number of ether oxygens (including phenoxy) is 1. The summed E-state index contributed by atoms with van der Waals surface area (Å²) in [6, 6.07) is 6.59. The Morgan fingerprint density at radius 3 is 2.82 bits per heavy atom. The van der Waals surface area contributed by atoms with Crippen LogP contribution < -0.4 is 20.7 Å². The van der Waals surface area contributed by atoms with Crippen molar-refractivity contribution in [2.45, 2.75) is 44.2 Å². The van der Waals surface area contributed by atoms with E-state index < -0.39 is 0 Å². The van der Waals surface area contributed by atoms with Gasteiger partial charge in [0.1, 0.15) is 5.75 Å². The third kappa shape index (κ3) is 3.67. The molecule has 1 unspecified atom stereocenters. The van der Waals surface area contributed by atoms with Crippen molar-refractivity contribution in [3.05, 3.63) is 46.7 Å². The van der Waals surface area contributed by atoms with E-state index in [-0.39, 0.29) is 24.3 Å². The van der Waals surface area contributed by atoms with E-state index in [0.717, 1.165) is 31.4 Å². The highest BCUT2D eigenvalue weighted by Crippen LogP contribution is 2.36. The Bertz CT molecular complexity index is 1330. The number of benzene rings is 1. The van der Waals surface area contributed by atoms with Gasteiger partial charge in [-0.25, -0.2) is 0 Å². The summed E-state index contributed by atoms with van der Waals surface area (Å²) in [4.78, 5) is 33.1. The Morgan fingerprint density at radius 2 is 2.06 bits per heavy atom. The first-order chi connectivity index (χ1) is 16.1. The van der Waals surface area contributed by atoms with Crippen molar-refractivity contribution in [2.24, 2.45) is 0 Å². The third-order valence-electron chi connectivity index (χ3n) is 6.27. The zero-order valence-corrected chi connectivity index (χ0v) is 18.1. The molecule has 10 heteroatoms. The summed E-state index contributed by atoms with van der Waals surface area (Å²) in [5.74, 6) is 1.23. The third-order valence-corrected chi connectivity index (χ3v) is 6.27. The fourth-order valence-electron chi connectivity index (χ4n) is 4.39. The molecule has 10 nitrogen and oxygen atoms in total. The number of methoxy groups -OCH3 is 1. The van der Waals surface area contributed by atoms with E-state index in [4.69, 9.17) is 14.7 Å². The second kappa shape index (κ2) is 7.58. The van der Waals surface area contributed by atoms with Crippen LogP contribution in [0.25, 0.3) is 11.7 Å². The summed E-state index contributed by atoms with van der Waals surface area (Å²) in [5.41, 5.74) is 4.10. The largest absolute Gasteiger partial charge is 0.497 e. The van der Waals surface area contributed by atoms with E-state index in [1.165, 1.54) is 11.1 Å². The molecule has 2 aromatic heterocycles. The van der Waals surface area contributed by atoms with Gasteiger partial charge >= 0.3 is 0 Å². The highest BCUT2D eigenvalue weighted by atomic mass is 16.5. The standard InChI is InChI=1S/C23H23N7O3/c1-33-16-6-2-12-3-7-18(17(12)10-16)26-22-28-20-14(8-13-9-19(31)27-21(13)32)11-24-30(20)23(29-22)25-15-4-5-15/h2,6,8,10-11,15,18H,3-5,7,9H2,1H3,(H,27,31,32)(H2,25,26,28,29)/b13-8+. The Kier molecular flexibility index (Phi) is 4.53. The van der Waals surface area contributed by atoms with Crippen LogP contribution in [0.15, 0.2) is 30.0 Å². The number of rotatable bonds is 6. The number of hydrogen-bond acceptors (Lipinski definition) is 8.